The van der Waals surface area contributed by atoms with Crippen molar-refractivity contribution in [3.8, 4) is 0 Å². The number of amides is 2. The third-order valence-electron chi connectivity index (χ3n) is 5.16. The topological polar surface area (TPSA) is 61.4 Å². The Kier molecular flexibility index (Phi) is 5.03. The number of halogens is 1. The van der Waals surface area contributed by atoms with Crippen molar-refractivity contribution in [1.82, 2.24) is 0 Å². The molecule has 0 aromatic heterocycles. The maximum absolute atomic E-state index is 12.4. The van der Waals surface area contributed by atoms with Gasteiger partial charge in [-0.15, -0.1) is 0 Å². The van der Waals surface area contributed by atoms with Crippen molar-refractivity contribution in [2.75, 3.05) is 28.6 Å². The van der Waals surface area contributed by atoms with Crippen LogP contribution in [0, 0.1) is 11.8 Å². The predicted octanol–water partition coefficient (Wildman–Crippen LogP) is 4.15. The van der Waals surface area contributed by atoms with Crippen molar-refractivity contribution in [3.05, 3.63) is 53.6 Å². The van der Waals surface area contributed by atoms with Crippen LogP contribution in [0.15, 0.2) is 48.5 Å². The summed E-state index contributed by atoms with van der Waals surface area (Å²) >= 11 is 5.93. The minimum atomic E-state index is -0.284. The minimum Gasteiger partial charge on any atom is -0.372 e. The van der Waals surface area contributed by atoms with Gasteiger partial charge in [-0.2, -0.15) is 0 Å². The van der Waals surface area contributed by atoms with Gasteiger partial charge in [0.05, 0.1) is 11.8 Å². The lowest BCUT2D eigenvalue weighted by Crippen LogP contribution is -2.21. The zero-order valence-corrected chi connectivity index (χ0v) is 15.7. The van der Waals surface area contributed by atoms with Crippen molar-refractivity contribution in [1.29, 1.82) is 0 Å². The van der Waals surface area contributed by atoms with E-state index in [9.17, 15) is 9.59 Å². The van der Waals surface area contributed by atoms with Gasteiger partial charge >= 0.3 is 0 Å². The largest absolute Gasteiger partial charge is 0.372 e. The Morgan fingerprint density at radius 3 is 2.15 bits per heavy atom. The summed E-state index contributed by atoms with van der Waals surface area (Å²) in [5.74, 6) is -0.799. The fourth-order valence-corrected chi connectivity index (χ4v) is 3.73. The Morgan fingerprint density at radius 2 is 1.52 bits per heavy atom. The first-order valence-corrected chi connectivity index (χ1v) is 9.70. The summed E-state index contributed by atoms with van der Waals surface area (Å²) in [5.41, 5.74) is 2.61. The van der Waals surface area contributed by atoms with Crippen LogP contribution in [0.3, 0.4) is 0 Å². The van der Waals surface area contributed by atoms with Crippen molar-refractivity contribution in [3.63, 3.8) is 0 Å². The standard InChI is InChI=1S/C21H22ClN3O2/c22-14-4-3-5-16(12-14)24-21(27)19-13-18(19)20(26)23-15-6-8-17(9-7-15)25-10-1-2-11-25/h3-9,12,18-19H,1-2,10-11,13H2,(H,23,26)(H,24,27). The molecule has 140 valence electrons. The van der Waals surface area contributed by atoms with Crippen LogP contribution in [0.25, 0.3) is 0 Å². The van der Waals surface area contributed by atoms with E-state index in [1.54, 1.807) is 24.3 Å². The zero-order valence-electron chi connectivity index (χ0n) is 15.0. The first-order chi connectivity index (χ1) is 13.1. The quantitative estimate of drug-likeness (QED) is 0.815. The number of rotatable bonds is 5. The first-order valence-electron chi connectivity index (χ1n) is 9.32. The lowest BCUT2D eigenvalue weighted by Gasteiger charge is -2.17. The van der Waals surface area contributed by atoms with Gasteiger partial charge in [0.2, 0.25) is 11.8 Å². The van der Waals surface area contributed by atoms with Crippen molar-refractivity contribution >= 4 is 40.5 Å². The maximum Gasteiger partial charge on any atom is 0.228 e. The molecule has 0 radical (unpaired) electrons. The Bertz CT molecular complexity index is 847. The summed E-state index contributed by atoms with van der Waals surface area (Å²) in [7, 11) is 0. The third kappa shape index (κ3) is 4.25. The number of hydrogen-bond donors (Lipinski definition) is 2. The lowest BCUT2D eigenvalue weighted by molar-refractivity contribution is -0.122. The first kappa shape index (κ1) is 17.9. The molecule has 2 aromatic rings. The van der Waals surface area contributed by atoms with E-state index in [1.807, 2.05) is 24.3 Å². The number of benzene rings is 2. The molecule has 4 rings (SSSR count). The molecule has 1 saturated heterocycles. The fourth-order valence-electron chi connectivity index (χ4n) is 3.54. The fraction of sp³-hybridized carbons (Fsp3) is 0.333. The Labute approximate surface area is 163 Å². The molecule has 0 bridgehead atoms. The molecule has 2 N–H and O–H groups in total. The van der Waals surface area contributed by atoms with Gasteiger partial charge in [0.25, 0.3) is 0 Å². The second kappa shape index (κ2) is 7.61. The Morgan fingerprint density at radius 1 is 0.889 bits per heavy atom. The molecule has 5 nitrogen and oxygen atoms in total. The Balaban J connectivity index is 1.30. The van der Waals surface area contributed by atoms with Gasteiger partial charge in [0.1, 0.15) is 0 Å². The van der Waals surface area contributed by atoms with Crippen molar-refractivity contribution in [2.45, 2.75) is 19.3 Å². The molecule has 1 aliphatic carbocycles. The molecule has 2 amide bonds. The van der Waals surface area contributed by atoms with E-state index in [2.05, 4.69) is 15.5 Å². The molecule has 1 aliphatic heterocycles. The monoisotopic (exact) mass is 383 g/mol. The molecule has 2 fully saturated rings. The number of hydrogen-bond acceptors (Lipinski definition) is 3. The third-order valence-corrected chi connectivity index (χ3v) is 5.40. The normalized spacial score (nSPS) is 21.0. The number of carbonyl (C=O) groups excluding carboxylic acids is 2. The number of nitrogens with zero attached hydrogens (tertiary/aromatic N) is 1. The summed E-state index contributed by atoms with van der Waals surface area (Å²) < 4.78 is 0. The molecule has 2 atom stereocenters. The SMILES string of the molecule is O=C(Nc1ccc(N2CCCC2)cc1)C1CC1C(=O)Nc1cccc(Cl)c1. The predicted molar refractivity (Wildman–Crippen MR) is 108 cm³/mol. The maximum atomic E-state index is 12.4. The summed E-state index contributed by atoms with van der Waals surface area (Å²) in [6.45, 7) is 2.19. The van der Waals surface area contributed by atoms with Crippen LogP contribution in [-0.2, 0) is 9.59 Å². The van der Waals surface area contributed by atoms with Crippen LogP contribution in [0.2, 0.25) is 5.02 Å². The van der Waals surface area contributed by atoms with Gasteiger partial charge in [0.15, 0.2) is 0 Å². The van der Waals surface area contributed by atoms with Gasteiger partial charge in [-0.3, -0.25) is 9.59 Å². The van der Waals surface area contributed by atoms with Crippen LogP contribution < -0.4 is 15.5 Å². The summed E-state index contributed by atoms with van der Waals surface area (Å²) in [6, 6.07) is 14.9. The molecule has 1 saturated carbocycles. The molecular weight excluding hydrogens is 362 g/mol. The van der Waals surface area contributed by atoms with Crippen LogP contribution in [-0.4, -0.2) is 24.9 Å². The van der Waals surface area contributed by atoms with Crippen LogP contribution in [0.4, 0.5) is 17.1 Å². The average molecular weight is 384 g/mol. The lowest BCUT2D eigenvalue weighted by atomic mass is 10.2. The van der Waals surface area contributed by atoms with Gasteiger partial charge < -0.3 is 15.5 Å². The molecule has 0 spiro atoms. The summed E-state index contributed by atoms with van der Waals surface area (Å²) in [6.07, 6.45) is 3.04. The zero-order chi connectivity index (χ0) is 18.8. The highest BCUT2D eigenvalue weighted by molar-refractivity contribution is 6.30. The smallest absolute Gasteiger partial charge is 0.228 e. The van der Waals surface area contributed by atoms with Crippen molar-refractivity contribution in [2.24, 2.45) is 11.8 Å². The highest BCUT2D eigenvalue weighted by Gasteiger charge is 2.48. The highest BCUT2D eigenvalue weighted by atomic mass is 35.5. The van der Waals surface area contributed by atoms with E-state index >= 15 is 0 Å². The van der Waals surface area contributed by atoms with Gasteiger partial charge in [-0.1, -0.05) is 17.7 Å². The molecule has 6 heteroatoms. The van der Waals surface area contributed by atoms with Gasteiger partial charge in [0, 0.05) is 35.2 Å². The molecule has 2 aliphatic rings. The molecule has 2 unspecified atom stereocenters. The second-order valence-corrected chi connectivity index (χ2v) is 7.62. The molecule has 1 heterocycles. The highest BCUT2D eigenvalue weighted by Crippen LogP contribution is 2.40. The Hall–Kier alpha value is -2.53. The van der Waals surface area contributed by atoms with Crippen molar-refractivity contribution < 1.29 is 9.59 Å². The van der Waals surface area contributed by atoms with E-state index < -0.39 is 0 Å². The molecule has 2 aromatic carbocycles. The van der Waals surface area contributed by atoms with E-state index in [-0.39, 0.29) is 23.7 Å². The molecular formula is C21H22ClN3O2. The summed E-state index contributed by atoms with van der Waals surface area (Å²) in [5, 5.41) is 6.31. The van der Waals surface area contributed by atoms with E-state index in [0.29, 0.717) is 17.1 Å². The van der Waals surface area contributed by atoms with Gasteiger partial charge in [-0.25, -0.2) is 0 Å². The van der Waals surface area contributed by atoms with E-state index in [1.165, 1.54) is 18.5 Å². The molecule has 27 heavy (non-hydrogen) atoms. The number of anilines is 3. The summed E-state index contributed by atoms with van der Waals surface area (Å²) in [4.78, 5) is 27.1. The average Bonchev–Trinajstić information content (AvgIpc) is 3.29. The number of carbonyl (C=O) groups is 2. The van der Waals surface area contributed by atoms with Crippen LogP contribution >= 0.6 is 11.6 Å². The minimum absolute atomic E-state index is 0.102. The van der Waals surface area contributed by atoms with Crippen LogP contribution in [0.1, 0.15) is 19.3 Å². The van der Waals surface area contributed by atoms with E-state index in [4.69, 9.17) is 11.6 Å². The van der Waals surface area contributed by atoms with Gasteiger partial charge in [-0.05, 0) is 61.7 Å². The van der Waals surface area contributed by atoms with Crippen LogP contribution in [0.5, 0.6) is 0 Å². The second-order valence-electron chi connectivity index (χ2n) is 7.18. The number of nitrogens with one attached hydrogen (secondary N) is 2. The van der Waals surface area contributed by atoms with E-state index in [0.717, 1.165) is 18.8 Å².